The largest absolute Gasteiger partial charge is 0.454 e. The summed E-state index contributed by atoms with van der Waals surface area (Å²) in [6, 6.07) is 5.36. The zero-order chi connectivity index (χ0) is 19.7. The first-order valence-corrected chi connectivity index (χ1v) is 8.99. The number of aryl methyl sites for hydroxylation is 2. The molecule has 0 fully saturated rings. The molecule has 0 aliphatic rings. The van der Waals surface area contributed by atoms with Crippen molar-refractivity contribution in [2.75, 3.05) is 13.2 Å². The Hall–Kier alpha value is -2.37. The quantitative estimate of drug-likeness (QED) is 0.661. The minimum atomic E-state index is -0.646. The van der Waals surface area contributed by atoms with E-state index in [1.165, 1.54) is 0 Å². The molecule has 144 valence electrons. The highest BCUT2D eigenvalue weighted by Gasteiger charge is 2.13. The monoisotopic (exact) mass is 362 g/mol. The van der Waals surface area contributed by atoms with Crippen molar-refractivity contribution in [3.05, 3.63) is 34.9 Å². The SMILES string of the molecule is Cc1ccc(C(=O)NCC(=O)OCC(=O)N[C@@H](C)CCC(C)C)cc1C. The standard InChI is InChI=1S/C20H30N2O4/c1-13(2)6-8-16(5)22-18(23)12-26-19(24)11-21-20(25)17-9-7-14(3)15(4)10-17/h7,9-10,13,16H,6,8,11-12H2,1-5H3,(H,21,25)(H,22,23)/t16-/m0/s1. The molecule has 0 saturated heterocycles. The molecule has 0 unspecified atom stereocenters. The van der Waals surface area contributed by atoms with E-state index in [0.717, 1.165) is 24.0 Å². The molecule has 0 saturated carbocycles. The van der Waals surface area contributed by atoms with Gasteiger partial charge in [-0.1, -0.05) is 19.9 Å². The number of amides is 2. The predicted molar refractivity (Wildman–Crippen MR) is 101 cm³/mol. The second kappa shape index (κ2) is 10.6. The molecular weight excluding hydrogens is 332 g/mol. The van der Waals surface area contributed by atoms with Crippen molar-refractivity contribution in [2.24, 2.45) is 5.92 Å². The molecule has 6 heteroatoms. The van der Waals surface area contributed by atoms with Gasteiger partial charge >= 0.3 is 5.97 Å². The van der Waals surface area contributed by atoms with Gasteiger partial charge in [0.2, 0.25) is 0 Å². The Morgan fingerprint density at radius 3 is 2.35 bits per heavy atom. The van der Waals surface area contributed by atoms with Crippen molar-refractivity contribution in [2.45, 2.75) is 53.5 Å². The molecule has 6 nitrogen and oxygen atoms in total. The Labute approximate surface area is 155 Å². The van der Waals surface area contributed by atoms with E-state index in [4.69, 9.17) is 4.74 Å². The van der Waals surface area contributed by atoms with Crippen LogP contribution in [0.4, 0.5) is 0 Å². The lowest BCUT2D eigenvalue weighted by Gasteiger charge is -2.15. The molecule has 0 bridgehead atoms. The molecule has 0 spiro atoms. The number of rotatable bonds is 9. The summed E-state index contributed by atoms with van der Waals surface area (Å²) in [7, 11) is 0. The highest BCUT2D eigenvalue weighted by atomic mass is 16.5. The van der Waals surface area contributed by atoms with Crippen LogP contribution in [0.2, 0.25) is 0 Å². The molecule has 0 radical (unpaired) electrons. The van der Waals surface area contributed by atoms with Crippen molar-refractivity contribution >= 4 is 17.8 Å². The Morgan fingerprint density at radius 1 is 1.04 bits per heavy atom. The number of nitrogens with one attached hydrogen (secondary N) is 2. The van der Waals surface area contributed by atoms with Crippen LogP contribution in [0.15, 0.2) is 18.2 Å². The van der Waals surface area contributed by atoms with Crippen LogP contribution < -0.4 is 10.6 Å². The summed E-state index contributed by atoms with van der Waals surface area (Å²) in [6.07, 6.45) is 1.90. The Kier molecular flexibility index (Phi) is 8.82. The van der Waals surface area contributed by atoms with Crippen LogP contribution in [0.25, 0.3) is 0 Å². The van der Waals surface area contributed by atoms with Gasteiger partial charge in [-0.2, -0.15) is 0 Å². The van der Waals surface area contributed by atoms with Gasteiger partial charge < -0.3 is 15.4 Å². The van der Waals surface area contributed by atoms with Crippen LogP contribution in [0.5, 0.6) is 0 Å². The van der Waals surface area contributed by atoms with E-state index in [1.54, 1.807) is 12.1 Å². The van der Waals surface area contributed by atoms with E-state index < -0.39 is 5.97 Å². The number of benzene rings is 1. The molecule has 26 heavy (non-hydrogen) atoms. The number of ether oxygens (including phenoxy) is 1. The average molecular weight is 362 g/mol. The van der Waals surface area contributed by atoms with Crippen LogP contribution in [0.3, 0.4) is 0 Å². The van der Waals surface area contributed by atoms with E-state index in [-0.39, 0.29) is 31.0 Å². The maximum absolute atomic E-state index is 12.0. The Bertz CT molecular complexity index is 641. The molecule has 1 aromatic rings. The predicted octanol–water partition coefficient (Wildman–Crippen LogP) is 2.52. The van der Waals surface area contributed by atoms with E-state index in [2.05, 4.69) is 24.5 Å². The maximum Gasteiger partial charge on any atom is 0.325 e. The van der Waals surface area contributed by atoms with Crippen LogP contribution in [0.1, 0.15) is 55.1 Å². The summed E-state index contributed by atoms with van der Waals surface area (Å²) in [5.41, 5.74) is 2.58. The van der Waals surface area contributed by atoms with Crippen molar-refractivity contribution in [3.63, 3.8) is 0 Å². The van der Waals surface area contributed by atoms with Gasteiger partial charge in [0.25, 0.3) is 11.8 Å². The lowest BCUT2D eigenvalue weighted by atomic mass is 10.0. The van der Waals surface area contributed by atoms with Gasteiger partial charge in [-0.05, 0) is 62.8 Å². The summed E-state index contributed by atoms with van der Waals surface area (Å²) in [6.45, 7) is 9.44. The molecule has 1 atom stereocenters. The van der Waals surface area contributed by atoms with Crippen LogP contribution in [-0.4, -0.2) is 37.0 Å². The van der Waals surface area contributed by atoms with Gasteiger partial charge in [0.05, 0.1) is 0 Å². The van der Waals surface area contributed by atoms with Gasteiger partial charge in [-0.25, -0.2) is 0 Å². The number of hydrogen-bond acceptors (Lipinski definition) is 4. The van der Waals surface area contributed by atoms with E-state index >= 15 is 0 Å². The highest BCUT2D eigenvalue weighted by Crippen LogP contribution is 2.09. The highest BCUT2D eigenvalue weighted by molar-refractivity contribution is 5.96. The number of carbonyl (C=O) groups excluding carboxylic acids is 3. The van der Waals surface area contributed by atoms with Crippen LogP contribution in [-0.2, 0) is 14.3 Å². The van der Waals surface area contributed by atoms with Gasteiger partial charge in [-0.15, -0.1) is 0 Å². The van der Waals surface area contributed by atoms with E-state index in [0.29, 0.717) is 11.5 Å². The number of esters is 1. The third kappa shape index (κ3) is 8.14. The fraction of sp³-hybridized carbons (Fsp3) is 0.550. The Morgan fingerprint density at radius 2 is 1.73 bits per heavy atom. The number of carbonyl (C=O) groups is 3. The van der Waals surface area contributed by atoms with E-state index in [1.807, 2.05) is 26.8 Å². The van der Waals surface area contributed by atoms with Crippen molar-refractivity contribution in [3.8, 4) is 0 Å². The van der Waals surface area contributed by atoms with Gasteiger partial charge in [-0.3, -0.25) is 14.4 Å². The molecule has 1 aromatic carbocycles. The average Bonchev–Trinajstić information content (AvgIpc) is 2.58. The molecular formula is C20H30N2O4. The molecule has 2 amide bonds. The topological polar surface area (TPSA) is 84.5 Å². The second-order valence-electron chi connectivity index (χ2n) is 7.08. The fourth-order valence-electron chi connectivity index (χ4n) is 2.31. The normalized spacial score (nSPS) is 11.8. The maximum atomic E-state index is 12.0. The first-order chi connectivity index (χ1) is 12.2. The molecule has 0 heterocycles. The third-order valence-corrected chi connectivity index (χ3v) is 4.11. The first kappa shape index (κ1) is 21.7. The molecule has 0 aliphatic heterocycles. The minimum Gasteiger partial charge on any atom is -0.454 e. The van der Waals surface area contributed by atoms with Gasteiger partial charge in [0, 0.05) is 11.6 Å². The molecule has 1 rings (SSSR count). The Balaban J connectivity index is 2.30. The lowest BCUT2D eigenvalue weighted by Crippen LogP contribution is -2.37. The second-order valence-corrected chi connectivity index (χ2v) is 7.08. The van der Waals surface area contributed by atoms with E-state index in [9.17, 15) is 14.4 Å². The van der Waals surface area contributed by atoms with Crippen molar-refractivity contribution in [1.29, 1.82) is 0 Å². The molecule has 0 aromatic heterocycles. The summed E-state index contributed by atoms with van der Waals surface area (Å²) < 4.78 is 4.89. The summed E-state index contributed by atoms with van der Waals surface area (Å²) in [5, 5.41) is 5.29. The zero-order valence-electron chi connectivity index (χ0n) is 16.3. The minimum absolute atomic E-state index is 0.0353. The van der Waals surface area contributed by atoms with Crippen LogP contribution >= 0.6 is 0 Å². The van der Waals surface area contributed by atoms with Gasteiger partial charge in [0.15, 0.2) is 6.61 Å². The smallest absolute Gasteiger partial charge is 0.325 e. The third-order valence-electron chi connectivity index (χ3n) is 4.11. The lowest BCUT2D eigenvalue weighted by molar-refractivity contribution is -0.147. The molecule has 0 aliphatic carbocycles. The fourth-order valence-corrected chi connectivity index (χ4v) is 2.31. The molecule has 2 N–H and O–H groups in total. The summed E-state index contributed by atoms with van der Waals surface area (Å²) in [4.78, 5) is 35.5. The first-order valence-electron chi connectivity index (χ1n) is 8.99. The zero-order valence-corrected chi connectivity index (χ0v) is 16.3. The van der Waals surface area contributed by atoms with Crippen molar-refractivity contribution in [1.82, 2.24) is 10.6 Å². The summed E-state index contributed by atoms with van der Waals surface area (Å²) in [5.74, 6) is -0.757. The van der Waals surface area contributed by atoms with Gasteiger partial charge in [0.1, 0.15) is 6.54 Å². The summed E-state index contributed by atoms with van der Waals surface area (Å²) >= 11 is 0. The number of hydrogen-bond donors (Lipinski definition) is 2. The van der Waals surface area contributed by atoms with Crippen molar-refractivity contribution < 1.29 is 19.1 Å². The van der Waals surface area contributed by atoms with Crippen LogP contribution in [0, 0.1) is 19.8 Å².